The van der Waals surface area contributed by atoms with Crippen molar-refractivity contribution in [2.45, 2.75) is 45.3 Å². The first-order valence-corrected chi connectivity index (χ1v) is 8.10. The first kappa shape index (κ1) is 14.3. The number of likely N-dealkylation sites (N-methyl/N-ethyl adjacent to an activating group) is 1. The SMILES string of the molecule is Cc1ccc2[nH]c3c(c2c1)CC1C(=O)N(C)C(C)C(=O)N1C3C. The van der Waals surface area contributed by atoms with Gasteiger partial charge >= 0.3 is 0 Å². The molecule has 1 aromatic carbocycles. The average molecular weight is 311 g/mol. The van der Waals surface area contributed by atoms with E-state index in [0.717, 1.165) is 11.2 Å². The molecule has 2 aliphatic heterocycles. The molecule has 23 heavy (non-hydrogen) atoms. The van der Waals surface area contributed by atoms with E-state index in [1.165, 1.54) is 16.5 Å². The quantitative estimate of drug-likeness (QED) is 0.810. The minimum Gasteiger partial charge on any atom is -0.356 e. The lowest BCUT2D eigenvalue weighted by molar-refractivity contribution is -0.162. The van der Waals surface area contributed by atoms with Gasteiger partial charge in [0.1, 0.15) is 12.1 Å². The Morgan fingerprint density at radius 3 is 2.61 bits per heavy atom. The van der Waals surface area contributed by atoms with Crippen LogP contribution in [0.2, 0.25) is 0 Å². The first-order chi connectivity index (χ1) is 10.9. The van der Waals surface area contributed by atoms with Crippen LogP contribution in [0.15, 0.2) is 18.2 Å². The highest BCUT2D eigenvalue weighted by Gasteiger charge is 2.48. The summed E-state index contributed by atoms with van der Waals surface area (Å²) in [5.41, 5.74) is 4.53. The third-order valence-corrected chi connectivity index (χ3v) is 5.49. The largest absolute Gasteiger partial charge is 0.356 e. The molecule has 3 atom stereocenters. The smallest absolute Gasteiger partial charge is 0.246 e. The number of rotatable bonds is 0. The predicted octanol–water partition coefficient (Wildman–Crippen LogP) is 2.15. The fraction of sp³-hybridized carbons (Fsp3) is 0.444. The van der Waals surface area contributed by atoms with Crippen LogP contribution in [-0.4, -0.2) is 45.7 Å². The normalized spacial score (nSPS) is 27.4. The van der Waals surface area contributed by atoms with E-state index in [0.29, 0.717) is 6.42 Å². The Morgan fingerprint density at radius 1 is 1.13 bits per heavy atom. The summed E-state index contributed by atoms with van der Waals surface area (Å²) < 4.78 is 0. The molecule has 0 bridgehead atoms. The second-order valence-corrected chi connectivity index (χ2v) is 6.83. The van der Waals surface area contributed by atoms with Gasteiger partial charge in [-0.1, -0.05) is 11.6 Å². The number of fused-ring (bicyclic) bond motifs is 4. The molecule has 2 aromatic rings. The molecular weight excluding hydrogens is 290 g/mol. The van der Waals surface area contributed by atoms with E-state index in [-0.39, 0.29) is 23.9 Å². The maximum Gasteiger partial charge on any atom is 0.246 e. The lowest BCUT2D eigenvalue weighted by atomic mass is 9.88. The minimum atomic E-state index is -0.394. The number of aryl methyl sites for hydroxylation is 1. The zero-order valence-corrected chi connectivity index (χ0v) is 13.9. The van der Waals surface area contributed by atoms with Crippen molar-refractivity contribution in [3.8, 4) is 0 Å². The van der Waals surface area contributed by atoms with Crippen LogP contribution >= 0.6 is 0 Å². The van der Waals surface area contributed by atoms with Gasteiger partial charge in [-0.3, -0.25) is 9.59 Å². The van der Waals surface area contributed by atoms with Gasteiger partial charge in [0.25, 0.3) is 0 Å². The molecule has 5 heteroatoms. The number of H-pyrrole nitrogens is 1. The van der Waals surface area contributed by atoms with E-state index >= 15 is 0 Å². The molecule has 3 unspecified atom stereocenters. The highest BCUT2D eigenvalue weighted by atomic mass is 16.2. The van der Waals surface area contributed by atoms with Crippen molar-refractivity contribution in [1.82, 2.24) is 14.8 Å². The van der Waals surface area contributed by atoms with Crippen LogP contribution in [0.4, 0.5) is 0 Å². The molecule has 120 valence electrons. The Kier molecular flexibility index (Phi) is 2.86. The molecule has 2 amide bonds. The van der Waals surface area contributed by atoms with Gasteiger partial charge in [-0.25, -0.2) is 0 Å². The zero-order chi connectivity index (χ0) is 16.5. The molecule has 0 spiro atoms. The zero-order valence-electron chi connectivity index (χ0n) is 13.9. The van der Waals surface area contributed by atoms with Crippen molar-refractivity contribution in [2.24, 2.45) is 0 Å². The van der Waals surface area contributed by atoms with E-state index in [1.807, 2.05) is 6.92 Å². The molecule has 2 aliphatic rings. The van der Waals surface area contributed by atoms with Crippen LogP contribution in [0.5, 0.6) is 0 Å². The summed E-state index contributed by atoms with van der Waals surface area (Å²) in [5.74, 6) is 0.0710. The first-order valence-electron chi connectivity index (χ1n) is 8.10. The summed E-state index contributed by atoms with van der Waals surface area (Å²) in [4.78, 5) is 32.3. The van der Waals surface area contributed by atoms with Crippen molar-refractivity contribution in [1.29, 1.82) is 0 Å². The number of aromatic nitrogens is 1. The summed E-state index contributed by atoms with van der Waals surface area (Å²) in [5, 5.41) is 1.17. The van der Waals surface area contributed by atoms with Crippen LogP contribution in [0.25, 0.3) is 10.9 Å². The van der Waals surface area contributed by atoms with Gasteiger partial charge in [-0.05, 0) is 38.5 Å². The minimum absolute atomic E-state index is 0.0325. The number of nitrogens with one attached hydrogen (secondary N) is 1. The lowest BCUT2D eigenvalue weighted by Crippen LogP contribution is -2.64. The fourth-order valence-corrected chi connectivity index (χ4v) is 4.02. The van der Waals surface area contributed by atoms with Crippen LogP contribution in [0.1, 0.15) is 36.7 Å². The van der Waals surface area contributed by atoms with Crippen molar-refractivity contribution < 1.29 is 9.59 Å². The van der Waals surface area contributed by atoms with Crippen LogP contribution in [0.3, 0.4) is 0 Å². The standard InChI is InChI=1S/C18H21N3O2/c1-9-5-6-14-12(7-9)13-8-15-18(23)20(4)11(3)17(22)21(15)10(2)16(13)19-14/h5-7,10-11,15,19H,8H2,1-4H3. The topological polar surface area (TPSA) is 56.4 Å². The second kappa shape index (κ2) is 4.60. The molecular formula is C18H21N3O2. The number of benzene rings is 1. The van der Waals surface area contributed by atoms with Crippen LogP contribution in [-0.2, 0) is 16.0 Å². The van der Waals surface area contributed by atoms with Gasteiger partial charge in [0.2, 0.25) is 11.8 Å². The van der Waals surface area contributed by atoms with Gasteiger partial charge in [0, 0.05) is 30.1 Å². The van der Waals surface area contributed by atoms with Crippen LogP contribution in [0, 0.1) is 6.92 Å². The van der Waals surface area contributed by atoms with E-state index in [2.05, 4.69) is 30.1 Å². The Hall–Kier alpha value is -2.30. The maximum atomic E-state index is 12.7. The van der Waals surface area contributed by atoms with Crippen LogP contribution < -0.4 is 0 Å². The van der Waals surface area contributed by atoms with Crippen molar-refractivity contribution in [3.63, 3.8) is 0 Å². The van der Waals surface area contributed by atoms with Gasteiger partial charge < -0.3 is 14.8 Å². The number of hydrogen-bond acceptors (Lipinski definition) is 2. The summed E-state index contributed by atoms with van der Waals surface area (Å²) in [7, 11) is 1.72. The fourth-order valence-electron chi connectivity index (χ4n) is 4.02. The Morgan fingerprint density at radius 2 is 1.87 bits per heavy atom. The summed E-state index contributed by atoms with van der Waals surface area (Å²) in [6.45, 7) is 5.88. The van der Waals surface area contributed by atoms with Gasteiger partial charge in [-0.15, -0.1) is 0 Å². The molecule has 1 fully saturated rings. The second-order valence-electron chi connectivity index (χ2n) is 6.83. The van der Waals surface area contributed by atoms with E-state index in [1.54, 1.807) is 23.8 Å². The number of carbonyl (C=O) groups is 2. The van der Waals surface area contributed by atoms with Gasteiger partial charge in [-0.2, -0.15) is 0 Å². The maximum absolute atomic E-state index is 12.7. The molecule has 5 nitrogen and oxygen atoms in total. The van der Waals surface area contributed by atoms with E-state index < -0.39 is 6.04 Å². The van der Waals surface area contributed by atoms with E-state index in [4.69, 9.17) is 0 Å². The Labute approximate surface area is 135 Å². The molecule has 3 heterocycles. The molecule has 1 saturated heterocycles. The predicted molar refractivity (Wildman–Crippen MR) is 88.0 cm³/mol. The van der Waals surface area contributed by atoms with E-state index in [9.17, 15) is 9.59 Å². The average Bonchev–Trinajstić information content (AvgIpc) is 2.89. The molecule has 0 aliphatic carbocycles. The lowest BCUT2D eigenvalue weighted by Gasteiger charge is -2.47. The molecule has 1 aromatic heterocycles. The molecule has 1 N–H and O–H groups in total. The molecule has 0 radical (unpaired) electrons. The Bertz CT molecular complexity index is 838. The van der Waals surface area contributed by atoms with Crippen molar-refractivity contribution in [2.75, 3.05) is 7.05 Å². The number of hydrogen-bond donors (Lipinski definition) is 1. The highest BCUT2D eigenvalue weighted by Crippen LogP contribution is 2.39. The number of piperazine rings is 1. The Balaban J connectivity index is 1.90. The molecule has 0 saturated carbocycles. The third-order valence-electron chi connectivity index (χ3n) is 5.49. The van der Waals surface area contributed by atoms with Crippen molar-refractivity contribution >= 4 is 22.7 Å². The number of nitrogens with zero attached hydrogens (tertiary/aromatic N) is 2. The third kappa shape index (κ3) is 1.79. The number of carbonyl (C=O) groups excluding carboxylic acids is 2. The summed E-state index contributed by atoms with van der Waals surface area (Å²) in [6.07, 6.45) is 0.588. The number of aromatic amines is 1. The van der Waals surface area contributed by atoms with Crippen molar-refractivity contribution in [3.05, 3.63) is 35.0 Å². The summed E-state index contributed by atoms with van der Waals surface area (Å²) >= 11 is 0. The molecule has 4 rings (SSSR count). The van der Waals surface area contributed by atoms with Gasteiger partial charge in [0.05, 0.1) is 6.04 Å². The van der Waals surface area contributed by atoms with Gasteiger partial charge in [0.15, 0.2) is 0 Å². The number of amides is 2. The monoisotopic (exact) mass is 311 g/mol. The highest BCUT2D eigenvalue weighted by molar-refractivity contribution is 5.98. The summed E-state index contributed by atoms with van der Waals surface area (Å²) in [6, 6.07) is 5.43.